The number of methoxy groups -OCH3 is 1. The van der Waals surface area contributed by atoms with Crippen LogP contribution in [0.25, 0.3) is 10.2 Å². The molecule has 0 aliphatic carbocycles. The largest absolute Gasteiger partial charge is 0.497 e. The molecule has 1 aliphatic rings. The minimum absolute atomic E-state index is 0.202. The lowest BCUT2D eigenvalue weighted by atomic mass is 10.1. The van der Waals surface area contributed by atoms with Gasteiger partial charge in [0.25, 0.3) is 5.91 Å². The number of benzene rings is 2. The third-order valence-electron chi connectivity index (χ3n) is 4.39. The molecule has 0 atom stereocenters. The molecule has 0 bridgehead atoms. The van der Waals surface area contributed by atoms with Gasteiger partial charge in [-0.25, -0.2) is 0 Å². The standard InChI is InChI=1S/C21H20N2O4S/c1-3-8-23-16-12-17-18(27-10-9-26-17)13-19(16)28-21(23)22-20(24)11-14-4-6-15(25-2)7-5-14/h3-7,12-13H,1,8-11H2,2H3. The normalized spacial score (nSPS) is 13.5. The monoisotopic (exact) mass is 396 g/mol. The summed E-state index contributed by atoms with van der Waals surface area (Å²) in [6.07, 6.45) is 2.02. The number of carbonyl (C=O) groups excluding carboxylic acids is 1. The van der Waals surface area contributed by atoms with Crippen LogP contribution in [0.3, 0.4) is 0 Å². The molecule has 0 saturated carbocycles. The smallest absolute Gasteiger partial charge is 0.252 e. The van der Waals surface area contributed by atoms with Crippen LogP contribution < -0.4 is 19.0 Å². The number of hydrogen-bond acceptors (Lipinski definition) is 5. The van der Waals surface area contributed by atoms with Crippen LogP contribution in [0.15, 0.2) is 54.0 Å². The van der Waals surface area contributed by atoms with Crippen molar-refractivity contribution in [2.75, 3.05) is 20.3 Å². The Hall–Kier alpha value is -3.06. The van der Waals surface area contributed by atoms with Crippen molar-refractivity contribution in [2.24, 2.45) is 4.99 Å². The van der Waals surface area contributed by atoms with Crippen LogP contribution in [-0.4, -0.2) is 30.8 Å². The van der Waals surface area contributed by atoms with E-state index in [-0.39, 0.29) is 12.3 Å². The maximum absolute atomic E-state index is 12.5. The summed E-state index contributed by atoms with van der Waals surface area (Å²) in [4.78, 5) is 17.5. The predicted octanol–water partition coefficient (Wildman–Crippen LogP) is 3.34. The van der Waals surface area contributed by atoms with Gasteiger partial charge in [-0.15, -0.1) is 6.58 Å². The predicted molar refractivity (Wildman–Crippen MR) is 108 cm³/mol. The van der Waals surface area contributed by atoms with Crippen LogP contribution in [-0.2, 0) is 17.8 Å². The number of aromatic nitrogens is 1. The molecular formula is C21H20N2O4S. The first kappa shape index (κ1) is 18.3. The zero-order valence-electron chi connectivity index (χ0n) is 15.5. The summed E-state index contributed by atoms with van der Waals surface area (Å²) in [6, 6.07) is 11.3. The maximum Gasteiger partial charge on any atom is 0.252 e. The summed E-state index contributed by atoms with van der Waals surface area (Å²) in [6.45, 7) is 5.44. The maximum atomic E-state index is 12.5. The van der Waals surface area contributed by atoms with E-state index in [0.29, 0.717) is 30.3 Å². The number of fused-ring (bicyclic) bond motifs is 2. The minimum Gasteiger partial charge on any atom is -0.497 e. The fourth-order valence-electron chi connectivity index (χ4n) is 3.06. The number of hydrogen-bond donors (Lipinski definition) is 0. The molecule has 28 heavy (non-hydrogen) atoms. The first-order valence-corrected chi connectivity index (χ1v) is 9.74. The number of rotatable bonds is 5. The Labute approximate surface area is 166 Å². The van der Waals surface area contributed by atoms with Gasteiger partial charge < -0.3 is 18.8 Å². The van der Waals surface area contributed by atoms with Crippen molar-refractivity contribution in [3.8, 4) is 17.2 Å². The van der Waals surface area contributed by atoms with Crippen LogP contribution in [0.2, 0.25) is 0 Å². The molecule has 7 heteroatoms. The van der Waals surface area contributed by atoms with Crippen LogP contribution >= 0.6 is 11.3 Å². The molecule has 0 spiro atoms. The lowest BCUT2D eigenvalue weighted by Gasteiger charge is -2.18. The van der Waals surface area contributed by atoms with Crippen molar-refractivity contribution in [3.05, 3.63) is 59.4 Å². The number of amides is 1. The lowest BCUT2D eigenvalue weighted by molar-refractivity contribution is -0.117. The van der Waals surface area contributed by atoms with Crippen molar-refractivity contribution < 1.29 is 19.0 Å². The Morgan fingerprint density at radius 3 is 2.64 bits per heavy atom. The summed E-state index contributed by atoms with van der Waals surface area (Å²) in [7, 11) is 1.61. The first-order chi connectivity index (χ1) is 13.7. The van der Waals surface area contributed by atoms with E-state index in [1.807, 2.05) is 41.0 Å². The van der Waals surface area contributed by atoms with E-state index in [4.69, 9.17) is 14.2 Å². The summed E-state index contributed by atoms with van der Waals surface area (Å²) >= 11 is 1.45. The molecule has 6 nitrogen and oxygen atoms in total. The Kier molecular flexibility index (Phi) is 5.16. The summed E-state index contributed by atoms with van der Waals surface area (Å²) in [5, 5.41) is 0. The zero-order chi connectivity index (χ0) is 19.5. The molecule has 1 aromatic heterocycles. The topological polar surface area (TPSA) is 62.1 Å². The second-order valence-electron chi connectivity index (χ2n) is 6.28. The van der Waals surface area contributed by atoms with E-state index in [9.17, 15) is 4.79 Å². The fourth-order valence-corrected chi connectivity index (χ4v) is 4.13. The molecule has 0 fully saturated rings. The van der Waals surface area contributed by atoms with Gasteiger partial charge in [-0.1, -0.05) is 29.5 Å². The zero-order valence-corrected chi connectivity index (χ0v) is 16.3. The quantitative estimate of drug-likeness (QED) is 0.621. The molecule has 1 aliphatic heterocycles. The van der Waals surface area contributed by atoms with Gasteiger partial charge in [0.15, 0.2) is 16.3 Å². The third-order valence-corrected chi connectivity index (χ3v) is 5.43. The summed E-state index contributed by atoms with van der Waals surface area (Å²) in [5.74, 6) is 1.99. The first-order valence-electron chi connectivity index (χ1n) is 8.92. The van der Waals surface area contributed by atoms with E-state index < -0.39 is 0 Å². The Balaban J connectivity index is 1.70. The highest BCUT2D eigenvalue weighted by Crippen LogP contribution is 2.35. The highest BCUT2D eigenvalue weighted by molar-refractivity contribution is 7.16. The minimum atomic E-state index is -0.202. The van der Waals surface area contributed by atoms with Gasteiger partial charge in [-0.05, 0) is 17.7 Å². The Bertz CT molecular complexity index is 1100. The second-order valence-corrected chi connectivity index (χ2v) is 7.29. The number of allylic oxidation sites excluding steroid dienone is 1. The molecule has 144 valence electrons. The summed E-state index contributed by atoms with van der Waals surface area (Å²) in [5.41, 5.74) is 1.84. The van der Waals surface area contributed by atoms with Gasteiger partial charge in [0, 0.05) is 18.7 Å². The molecule has 0 radical (unpaired) electrons. The van der Waals surface area contributed by atoms with E-state index >= 15 is 0 Å². The molecule has 4 rings (SSSR count). The van der Waals surface area contributed by atoms with Crippen molar-refractivity contribution >= 4 is 27.5 Å². The second kappa shape index (κ2) is 7.90. The van der Waals surface area contributed by atoms with E-state index in [2.05, 4.69) is 11.6 Å². The molecule has 0 saturated heterocycles. The van der Waals surface area contributed by atoms with Gasteiger partial charge in [0.2, 0.25) is 0 Å². The van der Waals surface area contributed by atoms with Crippen molar-refractivity contribution in [1.82, 2.24) is 4.57 Å². The summed E-state index contributed by atoms with van der Waals surface area (Å²) < 4.78 is 19.5. The fraction of sp³-hybridized carbons (Fsp3) is 0.238. The Morgan fingerprint density at radius 2 is 1.96 bits per heavy atom. The molecule has 0 N–H and O–H groups in total. The van der Waals surface area contributed by atoms with Gasteiger partial charge in [0.1, 0.15) is 19.0 Å². The van der Waals surface area contributed by atoms with Gasteiger partial charge >= 0.3 is 0 Å². The van der Waals surface area contributed by atoms with Crippen LogP contribution in [0.1, 0.15) is 5.56 Å². The average Bonchev–Trinajstić information content (AvgIpc) is 3.03. The molecule has 3 aromatic rings. The van der Waals surface area contributed by atoms with E-state index in [1.54, 1.807) is 13.2 Å². The average molecular weight is 396 g/mol. The van der Waals surface area contributed by atoms with Gasteiger partial charge in [-0.3, -0.25) is 4.79 Å². The van der Waals surface area contributed by atoms with Gasteiger partial charge in [-0.2, -0.15) is 4.99 Å². The molecule has 1 amide bonds. The Morgan fingerprint density at radius 1 is 1.25 bits per heavy atom. The number of ether oxygens (including phenoxy) is 3. The number of carbonyl (C=O) groups is 1. The molecule has 2 aromatic carbocycles. The van der Waals surface area contributed by atoms with Crippen molar-refractivity contribution in [3.63, 3.8) is 0 Å². The number of nitrogens with zero attached hydrogens (tertiary/aromatic N) is 2. The third kappa shape index (κ3) is 3.66. The van der Waals surface area contributed by atoms with Crippen LogP contribution in [0.5, 0.6) is 17.2 Å². The highest BCUT2D eigenvalue weighted by atomic mass is 32.1. The lowest BCUT2D eigenvalue weighted by Crippen LogP contribution is -2.17. The molecule has 2 heterocycles. The van der Waals surface area contributed by atoms with Crippen molar-refractivity contribution in [1.29, 1.82) is 0 Å². The molecular weight excluding hydrogens is 376 g/mol. The van der Waals surface area contributed by atoms with Crippen molar-refractivity contribution in [2.45, 2.75) is 13.0 Å². The van der Waals surface area contributed by atoms with E-state index in [1.165, 1.54) is 11.3 Å². The van der Waals surface area contributed by atoms with Gasteiger partial charge in [0.05, 0.1) is 23.7 Å². The molecule has 0 unspecified atom stereocenters. The highest BCUT2D eigenvalue weighted by Gasteiger charge is 2.16. The van der Waals surface area contributed by atoms with Crippen LogP contribution in [0, 0.1) is 0 Å². The number of thiazole rings is 1. The SMILES string of the molecule is C=CCn1c(=NC(=O)Cc2ccc(OC)cc2)sc2cc3c(cc21)OCCO3. The van der Waals surface area contributed by atoms with E-state index in [0.717, 1.165) is 27.3 Å². The van der Waals surface area contributed by atoms with Crippen LogP contribution in [0.4, 0.5) is 0 Å².